The largest absolute Gasteiger partial charge is 0.487 e. The molecule has 1 saturated heterocycles. The highest BCUT2D eigenvalue weighted by molar-refractivity contribution is 7.87. The molecule has 1 fully saturated rings. The summed E-state index contributed by atoms with van der Waals surface area (Å²) >= 11 is 0. The summed E-state index contributed by atoms with van der Waals surface area (Å²) in [6.45, 7) is 8.96. The van der Waals surface area contributed by atoms with Gasteiger partial charge in [-0.1, -0.05) is 12.1 Å². The molecule has 3 aromatic carbocycles. The summed E-state index contributed by atoms with van der Waals surface area (Å²) in [6, 6.07) is 6.61. The predicted molar refractivity (Wildman–Crippen MR) is 163 cm³/mol. The predicted octanol–water partition coefficient (Wildman–Crippen LogP) is 8.98. The SMILES string of the molecule is CC(C)(C)OC(=O)N1CCC(c2cc(C(F)(F)F)ccc2C2CC(C)(C)Oc3cc(S(=O)(=O)Oc4c(F)c(F)c(F)c(F)c4F)ccc32)CC1. The number of hydrogen-bond acceptors (Lipinski definition) is 6. The number of rotatable bonds is 5. The third kappa shape index (κ3) is 7.49. The number of carbonyl (C=O) groups excluding carboxylic acids is 1. The molecule has 1 atom stereocenters. The van der Waals surface area contributed by atoms with Crippen molar-refractivity contribution >= 4 is 16.2 Å². The van der Waals surface area contributed by atoms with E-state index in [-0.39, 0.29) is 25.3 Å². The number of hydrogen-bond donors (Lipinski definition) is 0. The van der Waals surface area contributed by atoms with Crippen LogP contribution in [0.25, 0.3) is 0 Å². The van der Waals surface area contributed by atoms with Crippen molar-refractivity contribution in [3.05, 3.63) is 87.7 Å². The lowest BCUT2D eigenvalue weighted by Crippen LogP contribution is -2.41. The number of alkyl halides is 3. The van der Waals surface area contributed by atoms with E-state index < -0.39 is 90.7 Å². The molecule has 0 bridgehead atoms. The van der Waals surface area contributed by atoms with Gasteiger partial charge >= 0.3 is 22.4 Å². The number of ether oxygens (including phenoxy) is 2. The zero-order chi connectivity index (χ0) is 37.1. The van der Waals surface area contributed by atoms with Crippen LogP contribution in [0.5, 0.6) is 11.5 Å². The van der Waals surface area contributed by atoms with Crippen LogP contribution in [0, 0.1) is 29.1 Å². The van der Waals surface area contributed by atoms with Crippen LogP contribution in [0.3, 0.4) is 0 Å². The fourth-order valence-corrected chi connectivity index (χ4v) is 7.15. The Hall–Kier alpha value is -4.08. The van der Waals surface area contributed by atoms with Crippen LogP contribution in [-0.4, -0.2) is 43.7 Å². The van der Waals surface area contributed by atoms with E-state index in [1.54, 1.807) is 34.6 Å². The number of amides is 1. The third-order valence-corrected chi connectivity index (χ3v) is 9.69. The van der Waals surface area contributed by atoms with Gasteiger partial charge < -0.3 is 18.6 Å². The van der Waals surface area contributed by atoms with E-state index in [1.165, 1.54) is 17.0 Å². The fourth-order valence-electron chi connectivity index (χ4n) is 6.20. The molecular formula is C34H33F8NO6S. The first-order valence-corrected chi connectivity index (χ1v) is 16.9. The molecule has 2 heterocycles. The van der Waals surface area contributed by atoms with Gasteiger partial charge in [0.2, 0.25) is 34.8 Å². The van der Waals surface area contributed by atoms with Crippen LogP contribution in [-0.2, 0) is 21.0 Å². The average molecular weight is 736 g/mol. The number of likely N-dealkylation sites (tertiary alicyclic amines) is 1. The van der Waals surface area contributed by atoms with Crippen molar-refractivity contribution in [2.45, 2.75) is 88.0 Å². The van der Waals surface area contributed by atoms with Crippen molar-refractivity contribution < 1.29 is 62.0 Å². The number of nitrogens with zero attached hydrogens (tertiary/aromatic N) is 1. The molecule has 2 aliphatic heterocycles. The summed E-state index contributed by atoms with van der Waals surface area (Å²) < 4.78 is 153. The molecule has 1 unspecified atom stereocenters. The Morgan fingerprint density at radius 1 is 0.840 bits per heavy atom. The van der Waals surface area contributed by atoms with Gasteiger partial charge in [-0.3, -0.25) is 0 Å². The highest BCUT2D eigenvalue weighted by Crippen LogP contribution is 2.49. The quantitative estimate of drug-likeness (QED) is 0.113. The van der Waals surface area contributed by atoms with Gasteiger partial charge in [0.25, 0.3) is 0 Å². The summed E-state index contributed by atoms with van der Waals surface area (Å²) in [5.41, 5.74) is -1.36. The summed E-state index contributed by atoms with van der Waals surface area (Å²) in [6.07, 6.45) is -4.29. The van der Waals surface area contributed by atoms with Crippen molar-refractivity contribution in [1.82, 2.24) is 4.90 Å². The number of benzene rings is 3. The molecule has 5 rings (SSSR count). The van der Waals surface area contributed by atoms with E-state index in [1.807, 2.05) is 0 Å². The highest BCUT2D eigenvalue weighted by Gasteiger charge is 2.40. The molecule has 0 aliphatic carbocycles. The molecule has 1 amide bonds. The third-order valence-electron chi connectivity index (χ3n) is 8.47. The molecule has 16 heteroatoms. The lowest BCUT2D eigenvalue weighted by atomic mass is 9.75. The maximum absolute atomic E-state index is 14.3. The molecule has 7 nitrogen and oxygen atoms in total. The molecule has 50 heavy (non-hydrogen) atoms. The minimum absolute atomic E-state index is 0.0565. The van der Waals surface area contributed by atoms with Gasteiger partial charge in [-0.25, -0.2) is 18.0 Å². The molecule has 0 spiro atoms. The van der Waals surface area contributed by atoms with Crippen molar-refractivity contribution in [1.29, 1.82) is 0 Å². The van der Waals surface area contributed by atoms with Gasteiger partial charge in [0.15, 0.2) is 0 Å². The molecule has 0 radical (unpaired) electrons. The Kier molecular flexibility index (Phi) is 9.60. The van der Waals surface area contributed by atoms with Gasteiger partial charge in [0, 0.05) is 30.6 Å². The Morgan fingerprint density at radius 2 is 1.40 bits per heavy atom. The van der Waals surface area contributed by atoms with Crippen molar-refractivity contribution in [3.63, 3.8) is 0 Å². The smallest absolute Gasteiger partial charge is 0.416 e. The maximum atomic E-state index is 14.3. The van der Waals surface area contributed by atoms with Crippen LogP contribution in [0.1, 0.15) is 88.0 Å². The monoisotopic (exact) mass is 735 g/mol. The second-order valence-corrected chi connectivity index (χ2v) is 15.4. The first-order chi connectivity index (χ1) is 23.0. The van der Waals surface area contributed by atoms with Crippen LogP contribution >= 0.6 is 0 Å². The van der Waals surface area contributed by atoms with E-state index in [4.69, 9.17) is 9.47 Å². The van der Waals surface area contributed by atoms with E-state index in [0.717, 1.165) is 24.3 Å². The lowest BCUT2D eigenvalue weighted by molar-refractivity contribution is -0.137. The lowest BCUT2D eigenvalue weighted by Gasteiger charge is -2.40. The fraction of sp³-hybridized carbons (Fsp3) is 0.441. The van der Waals surface area contributed by atoms with Crippen LogP contribution in [0.15, 0.2) is 41.3 Å². The van der Waals surface area contributed by atoms with Gasteiger partial charge in [-0.15, -0.1) is 0 Å². The van der Waals surface area contributed by atoms with Crippen molar-refractivity contribution in [2.24, 2.45) is 0 Å². The minimum Gasteiger partial charge on any atom is -0.487 e. The average Bonchev–Trinajstić information content (AvgIpc) is 3.02. The Morgan fingerprint density at radius 3 is 1.96 bits per heavy atom. The number of carbonyl (C=O) groups is 1. The Labute approximate surface area is 283 Å². The van der Waals surface area contributed by atoms with Gasteiger partial charge in [-0.2, -0.15) is 30.4 Å². The number of fused-ring (bicyclic) bond motifs is 1. The maximum Gasteiger partial charge on any atom is 0.416 e. The van der Waals surface area contributed by atoms with Crippen LogP contribution in [0.2, 0.25) is 0 Å². The number of piperidine rings is 1. The summed E-state index contributed by atoms with van der Waals surface area (Å²) in [5.74, 6) is -15.4. The second-order valence-electron chi connectivity index (χ2n) is 13.8. The molecule has 3 aromatic rings. The van der Waals surface area contributed by atoms with E-state index in [0.29, 0.717) is 29.5 Å². The highest BCUT2D eigenvalue weighted by atomic mass is 32.2. The molecule has 0 N–H and O–H groups in total. The summed E-state index contributed by atoms with van der Waals surface area (Å²) in [7, 11) is -5.21. The summed E-state index contributed by atoms with van der Waals surface area (Å²) in [4.78, 5) is 13.4. The molecule has 2 aliphatic rings. The Balaban J connectivity index is 1.52. The number of halogens is 8. The second kappa shape index (κ2) is 12.9. The van der Waals surface area contributed by atoms with Gasteiger partial charge in [-0.05, 0) is 89.1 Å². The zero-order valence-electron chi connectivity index (χ0n) is 27.5. The van der Waals surface area contributed by atoms with Gasteiger partial charge in [0.05, 0.1) is 5.56 Å². The van der Waals surface area contributed by atoms with Crippen LogP contribution in [0.4, 0.5) is 39.9 Å². The first kappa shape index (κ1) is 37.2. The van der Waals surface area contributed by atoms with E-state index in [9.17, 15) is 48.3 Å². The molecular weight excluding hydrogens is 702 g/mol. The Bertz CT molecular complexity index is 1900. The normalized spacial score (nSPS) is 18.3. The van der Waals surface area contributed by atoms with Crippen molar-refractivity contribution in [2.75, 3.05) is 13.1 Å². The van der Waals surface area contributed by atoms with Crippen molar-refractivity contribution in [3.8, 4) is 11.5 Å². The molecule has 272 valence electrons. The molecule has 0 aromatic heterocycles. The first-order valence-electron chi connectivity index (χ1n) is 15.5. The zero-order valence-corrected chi connectivity index (χ0v) is 28.3. The van der Waals surface area contributed by atoms with E-state index >= 15 is 0 Å². The molecule has 0 saturated carbocycles. The standard InChI is InChI=1S/C34H33F8NO6S/c1-32(2,3)48-31(44)43-12-10-17(11-13-43)22-14-18(34(40,41)42)6-8-20(22)23-16-33(4,5)47-24-15-19(7-9-21(23)24)50(45,46)49-30-28(38)26(36)25(35)27(37)29(30)39/h6-9,14-15,17,23H,10-13,16H2,1-5H3. The van der Waals surface area contributed by atoms with E-state index in [2.05, 4.69) is 4.18 Å². The van der Waals surface area contributed by atoms with Crippen LogP contribution < -0.4 is 8.92 Å². The minimum atomic E-state index is -5.21. The summed E-state index contributed by atoms with van der Waals surface area (Å²) in [5, 5.41) is 0. The van der Waals surface area contributed by atoms with Gasteiger partial charge in [0.1, 0.15) is 21.8 Å². The topological polar surface area (TPSA) is 82.1 Å².